The Hall–Kier alpha value is -0.570. The largest absolute Gasteiger partial charge is 0.467 e. The first-order valence-corrected chi connectivity index (χ1v) is 4.36. The first-order chi connectivity index (χ1) is 5.63. The third-order valence-corrected chi connectivity index (χ3v) is 2.21. The van der Waals surface area contributed by atoms with Gasteiger partial charge in [-0.15, -0.1) is 0 Å². The highest BCUT2D eigenvalue weighted by molar-refractivity contribution is 5.74. The van der Waals surface area contributed by atoms with Crippen LogP contribution in [-0.4, -0.2) is 25.3 Å². The summed E-state index contributed by atoms with van der Waals surface area (Å²) in [6, 6.07) is 0. The lowest BCUT2D eigenvalue weighted by Gasteiger charge is -2.30. The number of hydrogen-bond acceptors (Lipinski definition) is 3. The van der Waals surface area contributed by atoms with Crippen LogP contribution in [0.5, 0.6) is 0 Å². The van der Waals surface area contributed by atoms with Gasteiger partial charge in [-0.25, -0.2) is 4.79 Å². The zero-order valence-corrected chi connectivity index (χ0v) is 7.87. The lowest BCUT2D eigenvalue weighted by molar-refractivity contribution is -0.164. The normalized spacial score (nSPS) is 36.1. The molecule has 70 valence electrons. The molecule has 1 saturated heterocycles. The van der Waals surface area contributed by atoms with Gasteiger partial charge in [0.15, 0.2) is 6.10 Å². The van der Waals surface area contributed by atoms with Crippen molar-refractivity contribution in [2.24, 2.45) is 5.92 Å². The van der Waals surface area contributed by atoms with Crippen molar-refractivity contribution in [2.75, 3.05) is 7.11 Å². The molecule has 3 unspecified atom stereocenters. The predicted molar refractivity (Wildman–Crippen MR) is 44.7 cm³/mol. The Morgan fingerprint density at radius 2 is 2.08 bits per heavy atom. The van der Waals surface area contributed by atoms with Crippen molar-refractivity contribution < 1.29 is 14.3 Å². The molecular weight excluding hydrogens is 156 g/mol. The van der Waals surface area contributed by atoms with Crippen molar-refractivity contribution in [3.8, 4) is 0 Å². The van der Waals surface area contributed by atoms with E-state index < -0.39 is 0 Å². The van der Waals surface area contributed by atoms with Crippen LogP contribution in [0.4, 0.5) is 0 Å². The molecule has 3 heteroatoms. The van der Waals surface area contributed by atoms with Crippen LogP contribution in [0.2, 0.25) is 0 Å². The summed E-state index contributed by atoms with van der Waals surface area (Å²) >= 11 is 0. The molecule has 0 bridgehead atoms. The van der Waals surface area contributed by atoms with Crippen molar-refractivity contribution in [3.63, 3.8) is 0 Å². The molecule has 0 aromatic carbocycles. The average molecular weight is 172 g/mol. The predicted octanol–water partition coefficient (Wildman–Crippen LogP) is 1.36. The Bertz CT molecular complexity index is 157. The summed E-state index contributed by atoms with van der Waals surface area (Å²) in [5.74, 6) is 0.311. The number of carbonyl (C=O) groups excluding carboxylic acids is 1. The SMILES string of the molecule is COC(=O)C1CC(C)CC(C)O1. The van der Waals surface area contributed by atoms with E-state index in [1.54, 1.807) is 0 Å². The Morgan fingerprint density at radius 1 is 1.42 bits per heavy atom. The van der Waals surface area contributed by atoms with E-state index in [2.05, 4.69) is 11.7 Å². The van der Waals surface area contributed by atoms with Gasteiger partial charge in [-0.3, -0.25) is 0 Å². The second kappa shape index (κ2) is 3.90. The molecule has 0 radical (unpaired) electrons. The summed E-state index contributed by atoms with van der Waals surface area (Å²) < 4.78 is 10.1. The quantitative estimate of drug-likeness (QED) is 0.560. The van der Waals surface area contributed by atoms with Crippen LogP contribution in [-0.2, 0) is 14.3 Å². The zero-order chi connectivity index (χ0) is 9.14. The van der Waals surface area contributed by atoms with Crippen LogP contribution in [0.25, 0.3) is 0 Å². The molecule has 12 heavy (non-hydrogen) atoms. The third kappa shape index (κ3) is 2.21. The van der Waals surface area contributed by atoms with Gasteiger partial charge in [0.25, 0.3) is 0 Å². The van der Waals surface area contributed by atoms with Crippen LogP contribution < -0.4 is 0 Å². The average Bonchev–Trinajstić information content (AvgIpc) is 2.01. The minimum absolute atomic E-state index is 0.179. The molecule has 0 saturated carbocycles. The van der Waals surface area contributed by atoms with Crippen LogP contribution in [0.1, 0.15) is 26.7 Å². The van der Waals surface area contributed by atoms with Gasteiger partial charge in [-0.1, -0.05) is 6.92 Å². The maximum Gasteiger partial charge on any atom is 0.334 e. The summed E-state index contributed by atoms with van der Waals surface area (Å²) in [5, 5.41) is 0. The van der Waals surface area contributed by atoms with Gasteiger partial charge >= 0.3 is 5.97 Å². The third-order valence-electron chi connectivity index (χ3n) is 2.21. The molecule has 1 heterocycles. The van der Waals surface area contributed by atoms with Crippen LogP contribution in [0, 0.1) is 5.92 Å². The molecule has 3 atom stereocenters. The molecule has 3 nitrogen and oxygen atoms in total. The van der Waals surface area contributed by atoms with Gasteiger partial charge in [0.2, 0.25) is 0 Å². The Balaban J connectivity index is 2.49. The monoisotopic (exact) mass is 172 g/mol. The molecule has 0 spiro atoms. The van der Waals surface area contributed by atoms with Gasteiger partial charge < -0.3 is 9.47 Å². The second-order valence-electron chi connectivity index (χ2n) is 3.54. The Kier molecular flexibility index (Phi) is 3.09. The van der Waals surface area contributed by atoms with Crippen LogP contribution >= 0.6 is 0 Å². The number of hydrogen-bond donors (Lipinski definition) is 0. The molecule has 0 aromatic heterocycles. The maximum atomic E-state index is 11.1. The molecule has 1 aliphatic rings. The van der Waals surface area contributed by atoms with Crippen LogP contribution in [0.3, 0.4) is 0 Å². The number of carbonyl (C=O) groups is 1. The number of rotatable bonds is 1. The van der Waals surface area contributed by atoms with E-state index >= 15 is 0 Å². The van der Waals surface area contributed by atoms with Crippen molar-refractivity contribution in [1.82, 2.24) is 0 Å². The van der Waals surface area contributed by atoms with Crippen LogP contribution in [0.15, 0.2) is 0 Å². The molecule has 0 amide bonds. The topological polar surface area (TPSA) is 35.5 Å². The van der Waals surface area contributed by atoms with Gasteiger partial charge in [-0.2, -0.15) is 0 Å². The van der Waals surface area contributed by atoms with E-state index in [0.717, 1.165) is 12.8 Å². The Labute approximate surface area is 73.0 Å². The van der Waals surface area contributed by atoms with Crippen molar-refractivity contribution >= 4 is 5.97 Å². The highest BCUT2D eigenvalue weighted by Gasteiger charge is 2.30. The number of esters is 1. The molecule has 0 aliphatic carbocycles. The van der Waals surface area contributed by atoms with Gasteiger partial charge in [-0.05, 0) is 25.7 Å². The number of ether oxygens (including phenoxy) is 2. The van der Waals surface area contributed by atoms with Crippen molar-refractivity contribution in [1.29, 1.82) is 0 Å². The minimum Gasteiger partial charge on any atom is -0.467 e. The van der Waals surface area contributed by atoms with Gasteiger partial charge in [0.05, 0.1) is 13.2 Å². The molecule has 1 fully saturated rings. The zero-order valence-electron chi connectivity index (χ0n) is 7.87. The molecule has 0 N–H and O–H groups in total. The second-order valence-corrected chi connectivity index (χ2v) is 3.54. The lowest BCUT2D eigenvalue weighted by atomic mass is 9.94. The summed E-state index contributed by atoms with van der Waals surface area (Å²) in [6.07, 6.45) is 1.66. The molecule has 1 rings (SSSR count). The summed E-state index contributed by atoms with van der Waals surface area (Å²) in [4.78, 5) is 11.1. The first kappa shape index (κ1) is 9.52. The van der Waals surface area contributed by atoms with E-state index in [1.807, 2.05) is 6.92 Å². The van der Waals surface area contributed by atoms with Crippen molar-refractivity contribution in [3.05, 3.63) is 0 Å². The van der Waals surface area contributed by atoms with E-state index in [1.165, 1.54) is 7.11 Å². The molecular formula is C9H16O3. The summed E-state index contributed by atoms with van der Waals surface area (Å²) in [6.45, 7) is 4.13. The van der Waals surface area contributed by atoms with Gasteiger partial charge in [0, 0.05) is 0 Å². The minimum atomic E-state index is -0.339. The van der Waals surface area contributed by atoms with E-state index in [4.69, 9.17) is 4.74 Å². The van der Waals surface area contributed by atoms with Gasteiger partial charge in [0.1, 0.15) is 0 Å². The fraction of sp³-hybridized carbons (Fsp3) is 0.889. The fourth-order valence-corrected chi connectivity index (χ4v) is 1.70. The molecule has 1 aliphatic heterocycles. The smallest absolute Gasteiger partial charge is 0.334 e. The van der Waals surface area contributed by atoms with E-state index in [-0.39, 0.29) is 18.2 Å². The summed E-state index contributed by atoms with van der Waals surface area (Å²) in [7, 11) is 1.40. The van der Waals surface area contributed by atoms with E-state index in [0.29, 0.717) is 5.92 Å². The van der Waals surface area contributed by atoms with Crippen molar-refractivity contribution in [2.45, 2.75) is 38.9 Å². The highest BCUT2D eigenvalue weighted by atomic mass is 16.6. The summed E-state index contributed by atoms with van der Waals surface area (Å²) in [5.41, 5.74) is 0. The molecule has 0 aromatic rings. The first-order valence-electron chi connectivity index (χ1n) is 4.36. The highest BCUT2D eigenvalue weighted by Crippen LogP contribution is 2.24. The number of methoxy groups -OCH3 is 1. The standard InChI is InChI=1S/C9H16O3/c1-6-4-7(2)12-8(5-6)9(10)11-3/h6-8H,4-5H2,1-3H3. The Morgan fingerprint density at radius 3 is 2.58 bits per heavy atom. The van der Waals surface area contributed by atoms with E-state index in [9.17, 15) is 4.79 Å². The maximum absolute atomic E-state index is 11.1. The lowest BCUT2D eigenvalue weighted by Crippen LogP contribution is -2.36. The fourth-order valence-electron chi connectivity index (χ4n) is 1.70.